The minimum Gasteiger partial charge on any atom is -0.487 e. The van der Waals surface area contributed by atoms with Crippen LogP contribution >= 0.6 is 40.2 Å². The molecule has 5 rings (SSSR count). The van der Waals surface area contributed by atoms with Crippen LogP contribution in [0, 0.1) is 15.9 Å². The van der Waals surface area contributed by atoms with Crippen molar-refractivity contribution in [1.82, 2.24) is 15.1 Å². The summed E-state index contributed by atoms with van der Waals surface area (Å²) in [7, 11) is 0. The van der Waals surface area contributed by atoms with Crippen LogP contribution in [0.15, 0.2) is 65.7 Å². The van der Waals surface area contributed by atoms with Crippen LogP contribution in [0.25, 0.3) is 0 Å². The molecule has 11 nitrogen and oxygen atoms in total. The number of nitro benzene ring substituents is 1. The number of hydrogen-bond acceptors (Lipinski definition) is 7. The number of ether oxygens (including phenoxy) is 1. The van der Waals surface area contributed by atoms with Gasteiger partial charge in [0, 0.05) is 98.9 Å². The molecule has 0 saturated carbocycles. The minimum absolute atomic E-state index is 0. The second-order valence-corrected chi connectivity index (χ2v) is 12.4. The summed E-state index contributed by atoms with van der Waals surface area (Å²) in [5, 5.41) is 16.1. The van der Waals surface area contributed by atoms with Gasteiger partial charge >= 0.3 is 5.69 Å². The van der Waals surface area contributed by atoms with Crippen LogP contribution < -0.4 is 19.9 Å². The molecule has 2 aliphatic rings. The maximum absolute atomic E-state index is 13.3. The van der Waals surface area contributed by atoms with E-state index in [0.717, 1.165) is 16.9 Å². The van der Waals surface area contributed by atoms with Crippen LogP contribution in [0.5, 0.6) is 5.75 Å². The average molecular weight is 782 g/mol. The monoisotopic (exact) mass is 779 g/mol. The number of amides is 1. The van der Waals surface area contributed by atoms with E-state index in [0.29, 0.717) is 94.5 Å². The van der Waals surface area contributed by atoms with E-state index in [1.54, 1.807) is 37.3 Å². The molecule has 2 fully saturated rings. The lowest BCUT2D eigenvalue weighted by Gasteiger charge is -2.38. The molecule has 1 amide bonds. The first-order valence-electron chi connectivity index (χ1n) is 16.1. The fraction of sp³-hybridized carbons (Fsp3) is 0.412. The predicted octanol–water partition coefficient (Wildman–Crippen LogP) is 6.07. The molecule has 0 radical (unpaired) electrons. The van der Waals surface area contributed by atoms with Crippen molar-refractivity contribution in [2.75, 3.05) is 81.9 Å². The van der Waals surface area contributed by atoms with Crippen molar-refractivity contribution < 1.29 is 18.8 Å². The highest BCUT2D eigenvalue weighted by Crippen LogP contribution is 2.32. The summed E-state index contributed by atoms with van der Waals surface area (Å²) in [6.45, 7) is 8.28. The van der Waals surface area contributed by atoms with Gasteiger partial charge in [-0.15, -0.1) is 17.0 Å². The maximum Gasteiger partial charge on any atom is 0.311 e. The fourth-order valence-corrected chi connectivity index (χ4v) is 6.38. The van der Waals surface area contributed by atoms with Gasteiger partial charge in [-0.1, -0.05) is 29.3 Å². The topological polar surface area (TPSA) is 107 Å². The Morgan fingerprint density at radius 1 is 0.918 bits per heavy atom. The van der Waals surface area contributed by atoms with Gasteiger partial charge in [0.2, 0.25) is 5.91 Å². The van der Waals surface area contributed by atoms with Gasteiger partial charge in [0.25, 0.3) is 0 Å². The van der Waals surface area contributed by atoms with Gasteiger partial charge in [-0.25, -0.2) is 4.39 Å². The lowest BCUT2D eigenvalue weighted by molar-refractivity contribution is -0.385. The molecule has 2 saturated heterocycles. The average Bonchev–Trinajstić information content (AvgIpc) is 3.09. The summed E-state index contributed by atoms with van der Waals surface area (Å²) in [5.74, 6) is 0.761. The SMILES string of the molecule is Br.CCOc1cc(N2CCN(C(=NCCC(=O)N3CCN(c4ccc(F)cc4)CC3)NCCc3ccc(Cl)cc3Cl)CC2)ccc1[N+](=O)[O-]. The van der Waals surface area contributed by atoms with E-state index in [1.807, 2.05) is 17.0 Å². The minimum atomic E-state index is -0.434. The summed E-state index contributed by atoms with van der Waals surface area (Å²) in [4.78, 5) is 37.3. The zero-order valence-corrected chi connectivity index (χ0v) is 30.5. The van der Waals surface area contributed by atoms with Gasteiger partial charge in [0.1, 0.15) is 5.82 Å². The third-order valence-electron chi connectivity index (χ3n) is 8.49. The van der Waals surface area contributed by atoms with Crippen molar-refractivity contribution in [3.05, 3.63) is 92.2 Å². The zero-order valence-electron chi connectivity index (χ0n) is 27.3. The van der Waals surface area contributed by atoms with Crippen molar-refractivity contribution in [3.63, 3.8) is 0 Å². The van der Waals surface area contributed by atoms with E-state index >= 15 is 0 Å². The van der Waals surface area contributed by atoms with Crippen LogP contribution in [0.3, 0.4) is 0 Å². The lowest BCUT2D eigenvalue weighted by Crippen LogP contribution is -2.53. The van der Waals surface area contributed by atoms with Gasteiger partial charge in [0.15, 0.2) is 11.7 Å². The first-order valence-corrected chi connectivity index (χ1v) is 16.9. The summed E-state index contributed by atoms with van der Waals surface area (Å²) in [5.41, 5.74) is 2.73. The number of anilines is 2. The zero-order chi connectivity index (χ0) is 34.0. The van der Waals surface area contributed by atoms with E-state index in [9.17, 15) is 19.3 Å². The molecular formula is C34H41BrCl2FN7O4. The van der Waals surface area contributed by atoms with E-state index in [-0.39, 0.29) is 46.6 Å². The fourth-order valence-electron chi connectivity index (χ4n) is 5.88. The number of benzene rings is 3. The first-order chi connectivity index (χ1) is 23.2. The Morgan fingerprint density at radius 2 is 1.55 bits per heavy atom. The van der Waals surface area contributed by atoms with Crippen LogP contribution in [0.4, 0.5) is 21.5 Å². The molecule has 2 aliphatic heterocycles. The third kappa shape index (κ3) is 10.3. The molecule has 2 heterocycles. The molecule has 3 aromatic rings. The number of nitro groups is 1. The van der Waals surface area contributed by atoms with Crippen LogP contribution in [-0.2, 0) is 11.2 Å². The number of nitrogens with one attached hydrogen (secondary N) is 1. The van der Waals surface area contributed by atoms with E-state index in [4.69, 9.17) is 32.9 Å². The number of nitrogens with zero attached hydrogens (tertiary/aromatic N) is 6. The Morgan fingerprint density at radius 3 is 2.18 bits per heavy atom. The number of halogens is 4. The standard InChI is InChI=1S/C34H40Cl2FN7O4.BrH/c1-2-48-32-24-29(9-10-31(32)44(46)47)41-17-21-43(22-18-41)34(38-13-11-25-3-4-26(35)23-30(25)36)39-14-12-33(45)42-19-15-40(16-20-42)28-7-5-27(37)6-8-28;/h3-10,23-24H,2,11-22H2,1H3,(H,38,39);1H. The maximum atomic E-state index is 13.3. The Balaban J connectivity index is 0.00000541. The molecular weight excluding hydrogens is 740 g/mol. The Kier molecular flexibility index (Phi) is 14.2. The number of carbonyl (C=O) groups excluding carboxylic acids is 1. The second kappa shape index (κ2) is 18.3. The molecule has 0 bridgehead atoms. The molecule has 3 aromatic carbocycles. The summed E-state index contributed by atoms with van der Waals surface area (Å²) >= 11 is 12.5. The van der Waals surface area contributed by atoms with Crippen molar-refractivity contribution in [3.8, 4) is 5.75 Å². The highest BCUT2D eigenvalue weighted by atomic mass is 79.9. The van der Waals surface area contributed by atoms with Crippen molar-refractivity contribution >= 4 is 69.1 Å². The molecule has 0 aromatic heterocycles. The highest BCUT2D eigenvalue weighted by molar-refractivity contribution is 8.93. The first kappa shape index (κ1) is 38.0. The van der Waals surface area contributed by atoms with Gasteiger partial charge in [-0.3, -0.25) is 19.9 Å². The number of rotatable bonds is 11. The number of carbonyl (C=O) groups is 1. The largest absolute Gasteiger partial charge is 0.487 e. The summed E-state index contributed by atoms with van der Waals surface area (Å²) in [6.07, 6.45) is 0.947. The Hall–Kier alpha value is -3.81. The molecule has 1 N–H and O–H groups in total. The number of aliphatic imine (C=N–C) groups is 1. The number of guanidine groups is 1. The van der Waals surface area contributed by atoms with Gasteiger partial charge in [-0.05, 0) is 61.4 Å². The summed E-state index contributed by atoms with van der Waals surface area (Å²) < 4.78 is 18.9. The van der Waals surface area contributed by atoms with Gasteiger partial charge in [0.05, 0.1) is 18.1 Å². The van der Waals surface area contributed by atoms with Crippen molar-refractivity contribution in [2.24, 2.45) is 4.99 Å². The molecule has 15 heteroatoms. The smallest absolute Gasteiger partial charge is 0.311 e. The predicted molar refractivity (Wildman–Crippen MR) is 199 cm³/mol. The van der Waals surface area contributed by atoms with Crippen molar-refractivity contribution in [2.45, 2.75) is 19.8 Å². The Bertz CT molecular complexity index is 1600. The van der Waals surface area contributed by atoms with Crippen molar-refractivity contribution in [1.29, 1.82) is 0 Å². The van der Waals surface area contributed by atoms with Gasteiger partial charge < -0.3 is 29.7 Å². The number of hydrogen-bond donors (Lipinski definition) is 1. The normalized spacial score (nSPS) is 15.1. The van der Waals surface area contributed by atoms with E-state index < -0.39 is 4.92 Å². The molecule has 0 spiro atoms. The van der Waals surface area contributed by atoms with Crippen LogP contribution in [0.2, 0.25) is 10.0 Å². The number of piperazine rings is 2. The second-order valence-electron chi connectivity index (χ2n) is 11.5. The van der Waals surface area contributed by atoms with Crippen LogP contribution in [-0.4, -0.2) is 98.6 Å². The molecule has 0 unspecified atom stereocenters. The molecule has 264 valence electrons. The van der Waals surface area contributed by atoms with E-state index in [1.165, 1.54) is 18.2 Å². The summed E-state index contributed by atoms with van der Waals surface area (Å²) in [6, 6.07) is 16.9. The molecule has 0 atom stereocenters. The highest BCUT2D eigenvalue weighted by Gasteiger charge is 2.24. The molecule has 0 aliphatic carbocycles. The quantitative estimate of drug-likeness (QED) is 0.108. The third-order valence-corrected chi connectivity index (χ3v) is 9.08. The van der Waals surface area contributed by atoms with E-state index in [2.05, 4.69) is 20.0 Å². The van der Waals surface area contributed by atoms with Gasteiger partial charge in [-0.2, -0.15) is 0 Å². The Labute approximate surface area is 306 Å². The molecule has 49 heavy (non-hydrogen) atoms. The lowest BCUT2D eigenvalue weighted by atomic mass is 10.1. The van der Waals surface area contributed by atoms with Crippen LogP contribution in [0.1, 0.15) is 18.9 Å².